The molecule has 2 nitrogen and oxygen atoms in total. The van der Waals surface area contributed by atoms with Gasteiger partial charge in [-0.3, -0.25) is 4.90 Å². The smallest absolute Gasteiger partial charge is 0.0126 e. The third-order valence-electron chi connectivity index (χ3n) is 4.99. The Kier molecular flexibility index (Phi) is 3.84. The van der Waals surface area contributed by atoms with Crippen LogP contribution in [0.5, 0.6) is 0 Å². The van der Waals surface area contributed by atoms with Gasteiger partial charge < -0.3 is 5.73 Å². The molecule has 2 heteroatoms. The molecule has 17 heavy (non-hydrogen) atoms. The van der Waals surface area contributed by atoms with Gasteiger partial charge in [0.15, 0.2) is 0 Å². The van der Waals surface area contributed by atoms with E-state index in [0.29, 0.717) is 11.5 Å². The Hall–Kier alpha value is -0.0800. The number of likely N-dealkylation sites (tertiary alicyclic amines) is 1. The molecule has 4 unspecified atom stereocenters. The summed E-state index contributed by atoms with van der Waals surface area (Å²) in [6.07, 6.45) is 5.44. The van der Waals surface area contributed by atoms with Gasteiger partial charge in [0.25, 0.3) is 0 Å². The van der Waals surface area contributed by atoms with Crippen LogP contribution in [0.3, 0.4) is 0 Å². The zero-order valence-electron chi connectivity index (χ0n) is 12.1. The normalized spacial score (nSPS) is 40.4. The predicted molar refractivity (Wildman–Crippen MR) is 73.9 cm³/mol. The summed E-state index contributed by atoms with van der Waals surface area (Å²) >= 11 is 0. The maximum atomic E-state index is 6.09. The molecule has 0 aromatic carbocycles. The van der Waals surface area contributed by atoms with Crippen LogP contribution in [-0.2, 0) is 0 Å². The van der Waals surface area contributed by atoms with Gasteiger partial charge in [-0.25, -0.2) is 0 Å². The molecule has 2 N–H and O–H groups in total. The first-order valence-electron chi connectivity index (χ1n) is 7.39. The maximum Gasteiger partial charge on any atom is 0.0126 e. The highest BCUT2D eigenvalue weighted by atomic mass is 15.2. The van der Waals surface area contributed by atoms with Crippen LogP contribution >= 0.6 is 0 Å². The standard InChI is InChI=1S/C15H30N2/c1-11-8-15(3,4)9-14(11)17-7-5-6-13(10-17)12(2)16/h11-14H,5-10,16H2,1-4H3. The largest absolute Gasteiger partial charge is 0.328 e. The zero-order valence-corrected chi connectivity index (χ0v) is 12.1. The molecular weight excluding hydrogens is 208 g/mol. The van der Waals surface area contributed by atoms with E-state index in [1.807, 2.05) is 0 Å². The Morgan fingerprint density at radius 2 is 2.00 bits per heavy atom. The first-order valence-corrected chi connectivity index (χ1v) is 7.39. The van der Waals surface area contributed by atoms with Crippen molar-refractivity contribution in [2.45, 2.75) is 65.5 Å². The molecule has 1 saturated heterocycles. The summed E-state index contributed by atoms with van der Waals surface area (Å²) in [7, 11) is 0. The third-order valence-corrected chi connectivity index (χ3v) is 4.99. The first kappa shape index (κ1) is 13.4. The molecule has 1 aliphatic heterocycles. The Bertz CT molecular complexity index is 260. The zero-order chi connectivity index (χ0) is 12.6. The van der Waals surface area contributed by atoms with Crippen LogP contribution in [0.1, 0.15) is 53.4 Å². The number of hydrogen-bond donors (Lipinski definition) is 1. The van der Waals surface area contributed by atoms with Crippen molar-refractivity contribution >= 4 is 0 Å². The van der Waals surface area contributed by atoms with Gasteiger partial charge in [-0.2, -0.15) is 0 Å². The molecule has 2 rings (SSSR count). The van der Waals surface area contributed by atoms with Crippen LogP contribution in [0, 0.1) is 17.3 Å². The predicted octanol–water partition coefficient (Wildman–Crippen LogP) is 2.87. The van der Waals surface area contributed by atoms with E-state index in [0.717, 1.165) is 17.9 Å². The van der Waals surface area contributed by atoms with Crippen LogP contribution in [0.4, 0.5) is 0 Å². The van der Waals surface area contributed by atoms with Crippen molar-refractivity contribution in [3.63, 3.8) is 0 Å². The Labute approximate surface area is 107 Å². The molecule has 1 aliphatic carbocycles. The first-order chi connectivity index (χ1) is 7.89. The molecule has 4 atom stereocenters. The van der Waals surface area contributed by atoms with Gasteiger partial charge in [-0.05, 0) is 56.4 Å². The van der Waals surface area contributed by atoms with Gasteiger partial charge in [0.2, 0.25) is 0 Å². The highest BCUT2D eigenvalue weighted by molar-refractivity contribution is 4.94. The lowest BCUT2D eigenvalue weighted by Crippen LogP contribution is -2.47. The maximum absolute atomic E-state index is 6.09. The van der Waals surface area contributed by atoms with E-state index < -0.39 is 0 Å². The molecule has 1 heterocycles. The van der Waals surface area contributed by atoms with Crippen molar-refractivity contribution < 1.29 is 0 Å². The van der Waals surface area contributed by atoms with E-state index in [1.54, 1.807) is 0 Å². The summed E-state index contributed by atoms with van der Waals surface area (Å²) in [5.41, 5.74) is 6.64. The lowest BCUT2D eigenvalue weighted by Gasteiger charge is -2.40. The third kappa shape index (κ3) is 3.03. The minimum Gasteiger partial charge on any atom is -0.328 e. The van der Waals surface area contributed by atoms with Crippen molar-refractivity contribution in [1.29, 1.82) is 0 Å². The molecule has 0 radical (unpaired) electrons. The summed E-state index contributed by atoms with van der Waals surface area (Å²) in [6.45, 7) is 12.0. The van der Waals surface area contributed by atoms with E-state index in [9.17, 15) is 0 Å². The minimum absolute atomic E-state index is 0.363. The Balaban J connectivity index is 1.98. The van der Waals surface area contributed by atoms with E-state index in [2.05, 4.69) is 32.6 Å². The Morgan fingerprint density at radius 3 is 2.53 bits per heavy atom. The quantitative estimate of drug-likeness (QED) is 0.801. The van der Waals surface area contributed by atoms with Gasteiger partial charge in [0, 0.05) is 18.6 Å². The van der Waals surface area contributed by atoms with E-state index >= 15 is 0 Å². The van der Waals surface area contributed by atoms with Gasteiger partial charge in [-0.1, -0.05) is 20.8 Å². The highest BCUT2D eigenvalue weighted by Crippen LogP contribution is 2.44. The fourth-order valence-corrected chi connectivity index (χ4v) is 4.12. The fraction of sp³-hybridized carbons (Fsp3) is 1.00. The molecule has 0 aromatic heterocycles. The summed E-state index contributed by atoms with van der Waals surface area (Å²) < 4.78 is 0. The van der Waals surface area contributed by atoms with Crippen LogP contribution < -0.4 is 5.73 Å². The van der Waals surface area contributed by atoms with Gasteiger partial charge in [-0.15, -0.1) is 0 Å². The number of piperidine rings is 1. The monoisotopic (exact) mass is 238 g/mol. The number of nitrogens with two attached hydrogens (primary N) is 1. The molecule has 100 valence electrons. The number of hydrogen-bond acceptors (Lipinski definition) is 2. The number of nitrogens with zero attached hydrogens (tertiary/aromatic N) is 1. The highest BCUT2D eigenvalue weighted by Gasteiger charge is 2.40. The summed E-state index contributed by atoms with van der Waals surface area (Å²) in [5, 5.41) is 0. The van der Waals surface area contributed by atoms with E-state index in [1.165, 1.54) is 38.8 Å². The molecule has 2 aliphatic rings. The van der Waals surface area contributed by atoms with Crippen LogP contribution in [-0.4, -0.2) is 30.1 Å². The molecule has 0 spiro atoms. The molecular formula is C15H30N2. The van der Waals surface area contributed by atoms with E-state index in [4.69, 9.17) is 5.73 Å². The SMILES string of the molecule is CC(N)C1CCCN(C2CC(C)(C)CC2C)C1. The molecule has 0 aromatic rings. The van der Waals surface area contributed by atoms with Crippen molar-refractivity contribution in [3.05, 3.63) is 0 Å². The molecule has 0 bridgehead atoms. The fourth-order valence-electron chi connectivity index (χ4n) is 4.12. The second-order valence-electron chi connectivity index (χ2n) is 7.37. The minimum atomic E-state index is 0.363. The van der Waals surface area contributed by atoms with E-state index in [-0.39, 0.29) is 0 Å². The van der Waals surface area contributed by atoms with Gasteiger partial charge in [0.1, 0.15) is 0 Å². The van der Waals surface area contributed by atoms with Gasteiger partial charge in [0.05, 0.1) is 0 Å². The lowest BCUT2D eigenvalue weighted by atomic mass is 9.89. The van der Waals surface area contributed by atoms with Crippen LogP contribution in [0.2, 0.25) is 0 Å². The summed E-state index contributed by atoms with van der Waals surface area (Å²) in [5.74, 6) is 1.58. The van der Waals surface area contributed by atoms with Crippen molar-refractivity contribution in [3.8, 4) is 0 Å². The van der Waals surface area contributed by atoms with Crippen LogP contribution in [0.25, 0.3) is 0 Å². The second-order valence-corrected chi connectivity index (χ2v) is 7.37. The van der Waals surface area contributed by atoms with Crippen molar-refractivity contribution in [2.24, 2.45) is 23.0 Å². The van der Waals surface area contributed by atoms with Crippen molar-refractivity contribution in [1.82, 2.24) is 4.90 Å². The average Bonchev–Trinajstić information content (AvgIpc) is 2.52. The van der Waals surface area contributed by atoms with Crippen LogP contribution in [0.15, 0.2) is 0 Å². The lowest BCUT2D eigenvalue weighted by molar-refractivity contribution is 0.0932. The summed E-state index contributed by atoms with van der Waals surface area (Å²) in [4.78, 5) is 2.75. The second kappa shape index (κ2) is 4.89. The summed E-state index contributed by atoms with van der Waals surface area (Å²) in [6, 6.07) is 1.18. The molecule has 1 saturated carbocycles. The number of rotatable bonds is 2. The Morgan fingerprint density at radius 1 is 1.29 bits per heavy atom. The molecule has 2 fully saturated rings. The van der Waals surface area contributed by atoms with Gasteiger partial charge >= 0.3 is 0 Å². The molecule has 0 amide bonds. The van der Waals surface area contributed by atoms with Crippen molar-refractivity contribution in [2.75, 3.05) is 13.1 Å². The topological polar surface area (TPSA) is 29.3 Å². The average molecular weight is 238 g/mol.